The van der Waals surface area contributed by atoms with Gasteiger partial charge < -0.3 is 14.6 Å². The molecular weight excluding hydrogens is 250 g/mol. The SMILES string of the molecule is CCC(NC=O)C(=O)c1noc(C2CCOCC2)n1. The summed E-state index contributed by atoms with van der Waals surface area (Å²) in [5.41, 5.74) is 0. The van der Waals surface area contributed by atoms with Gasteiger partial charge in [0.1, 0.15) is 0 Å². The molecule has 0 bridgehead atoms. The third kappa shape index (κ3) is 3.17. The van der Waals surface area contributed by atoms with Crippen LogP contribution in [0.4, 0.5) is 0 Å². The van der Waals surface area contributed by atoms with Crippen LogP contribution in [0.25, 0.3) is 0 Å². The second-order valence-electron chi connectivity index (χ2n) is 4.45. The van der Waals surface area contributed by atoms with E-state index >= 15 is 0 Å². The molecule has 1 atom stereocenters. The van der Waals surface area contributed by atoms with Crippen LogP contribution in [0.2, 0.25) is 0 Å². The molecule has 2 rings (SSSR count). The van der Waals surface area contributed by atoms with Crippen molar-refractivity contribution in [1.29, 1.82) is 0 Å². The fourth-order valence-corrected chi connectivity index (χ4v) is 2.06. The highest BCUT2D eigenvalue weighted by atomic mass is 16.5. The first kappa shape index (κ1) is 13.7. The van der Waals surface area contributed by atoms with Crippen molar-refractivity contribution in [1.82, 2.24) is 15.5 Å². The Hall–Kier alpha value is -1.76. The zero-order chi connectivity index (χ0) is 13.7. The topological polar surface area (TPSA) is 94.3 Å². The molecule has 104 valence electrons. The second-order valence-corrected chi connectivity index (χ2v) is 4.45. The molecule has 1 unspecified atom stereocenters. The molecule has 7 heteroatoms. The van der Waals surface area contributed by atoms with E-state index in [1.54, 1.807) is 6.92 Å². The summed E-state index contributed by atoms with van der Waals surface area (Å²) in [5.74, 6) is 0.342. The largest absolute Gasteiger partial charge is 0.381 e. The molecule has 0 aromatic carbocycles. The summed E-state index contributed by atoms with van der Waals surface area (Å²) in [4.78, 5) is 26.6. The molecule has 1 aromatic heterocycles. The van der Waals surface area contributed by atoms with Crippen molar-refractivity contribution < 1.29 is 18.8 Å². The molecule has 1 aliphatic rings. The smallest absolute Gasteiger partial charge is 0.240 e. The van der Waals surface area contributed by atoms with Crippen LogP contribution in [-0.4, -0.2) is 41.6 Å². The van der Waals surface area contributed by atoms with Crippen molar-refractivity contribution in [3.8, 4) is 0 Å². The highest BCUT2D eigenvalue weighted by molar-refractivity contribution is 5.97. The standard InChI is InChI=1S/C12H17N3O4/c1-2-9(13-7-16)10(17)11-14-12(19-15-11)8-3-5-18-6-4-8/h7-9H,2-6H2,1H3,(H,13,16). The molecule has 0 radical (unpaired) electrons. The minimum atomic E-state index is -0.599. The number of nitrogens with zero attached hydrogens (tertiary/aromatic N) is 2. The monoisotopic (exact) mass is 267 g/mol. The van der Waals surface area contributed by atoms with Crippen LogP contribution < -0.4 is 5.32 Å². The summed E-state index contributed by atoms with van der Waals surface area (Å²) < 4.78 is 10.4. The van der Waals surface area contributed by atoms with Gasteiger partial charge in [0.25, 0.3) is 0 Å². The Morgan fingerprint density at radius 1 is 1.53 bits per heavy atom. The van der Waals surface area contributed by atoms with E-state index < -0.39 is 6.04 Å². The lowest BCUT2D eigenvalue weighted by atomic mass is 10.0. The number of aromatic nitrogens is 2. The fourth-order valence-electron chi connectivity index (χ4n) is 2.06. The molecule has 1 N–H and O–H groups in total. The van der Waals surface area contributed by atoms with Crippen molar-refractivity contribution in [2.75, 3.05) is 13.2 Å². The Morgan fingerprint density at radius 2 is 2.26 bits per heavy atom. The summed E-state index contributed by atoms with van der Waals surface area (Å²) in [6.07, 6.45) is 2.63. The summed E-state index contributed by atoms with van der Waals surface area (Å²) >= 11 is 0. The van der Waals surface area contributed by atoms with E-state index in [0.29, 0.717) is 31.9 Å². The van der Waals surface area contributed by atoms with E-state index in [-0.39, 0.29) is 17.5 Å². The number of carbonyl (C=O) groups excluding carboxylic acids is 2. The van der Waals surface area contributed by atoms with Crippen LogP contribution in [0.3, 0.4) is 0 Å². The first-order valence-corrected chi connectivity index (χ1v) is 6.41. The third-order valence-electron chi connectivity index (χ3n) is 3.23. The van der Waals surface area contributed by atoms with Gasteiger partial charge in [-0.1, -0.05) is 12.1 Å². The van der Waals surface area contributed by atoms with Gasteiger partial charge in [-0.25, -0.2) is 0 Å². The maximum absolute atomic E-state index is 12.0. The van der Waals surface area contributed by atoms with Crippen molar-refractivity contribution in [2.24, 2.45) is 0 Å². The average Bonchev–Trinajstić information content (AvgIpc) is 2.95. The highest BCUT2D eigenvalue weighted by Crippen LogP contribution is 2.25. The molecule has 19 heavy (non-hydrogen) atoms. The molecule has 0 saturated carbocycles. The van der Waals surface area contributed by atoms with E-state index in [4.69, 9.17) is 9.26 Å². The third-order valence-corrected chi connectivity index (χ3v) is 3.23. The normalized spacial score (nSPS) is 17.9. The zero-order valence-electron chi connectivity index (χ0n) is 10.8. The number of ether oxygens (including phenoxy) is 1. The summed E-state index contributed by atoms with van der Waals surface area (Å²) in [7, 11) is 0. The highest BCUT2D eigenvalue weighted by Gasteiger charge is 2.26. The molecular formula is C12H17N3O4. The van der Waals surface area contributed by atoms with E-state index in [0.717, 1.165) is 12.8 Å². The molecule has 1 saturated heterocycles. The molecule has 7 nitrogen and oxygen atoms in total. The van der Waals surface area contributed by atoms with Crippen molar-refractivity contribution >= 4 is 12.2 Å². The summed E-state index contributed by atoms with van der Waals surface area (Å²) in [6.45, 7) is 3.14. The van der Waals surface area contributed by atoms with Gasteiger partial charge in [-0.05, 0) is 19.3 Å². The molecule has 1 amide bonds. The van der Waals surface area contributed by atoms with Crippen molar-refractivity contribution in [3.63, 3.8) is 0 Å². The van der Waals surface area contributed by atoms with Gasteiger partial charge in [-0.2, -0.15) is 4.98 Å². The second kappa shape index (κ2) is 6.42. The molecule has 0 aliphatic carbocycles. The number of Topliss-reactive ketones (excluding diaryl/α,β-unsaturated/α-hetero) is 1. The van der Waals surface area contributed by atoms with Gasteiger partial charge in [-0.3, -0.25) is 9.59 Å². The Balaban J connectivity index is 2.06. The number of carbonyl (C=O) groups is 2. The van der Waals surface area contributed by atoms with Gasteiger partial charge in [0.05, 0.1) is 6.04 Å². The molecule has 1 fully saturated rings. The number of nitrogens with one attached hydrogen (secondary N) is 1. The van der Waals surface area contributed by atoms with Gasteiger partial charge in [0.2, 0.25) is 23.9 Å². The minimum Gasteiger partial charge on any atom is -0.381 e. The van der Waals surface area contributed by atoms with Gasteiger partial charge >= 0.3 is 0 Å². The molecule has 1 aromatic rings. The van der Waals surface area contributed by atoms with E-state index in [2.05, 4.69) is 15.5 Å². The first-order chi connectivity index (χ1) is 9.26. The number of hydrogen-bond acceptors (Lipinski definition) is 6. The first-order valence-electron chi connectivity index (χ1n) is 6.41. The number of rotatable bonds is 6. The van der Waals surface area contributed by atoms with Crippen LogP contribution in [-0.2, 0) is 9.53 Å². The quantitative estimate of drug-likeness (QED) is 0.601. The van der Waals surface area contributed by atoms with Crippen molar-refractivity contribution in [3.05, 3.63) is 11.7 Å². The average molecular weight is 267 g/mol. The van der Waals surface area contributed by atoms with Gasteiger partial charge in [0.15, 0.2) is 0 Å². The van der Waals surface area contributed by atoms with Crippen LogP contribution in [0.5, 0.6) is 0 Å². The number of ketones is 1. The minimum absolute atomic E-state index is 0.0303. The molecule has 0 spiro atoms. The van der Waals surface area contributed by atoms with Gasteiger partial charge in [-0.15, -0.1) is 0 Å². The lowest BCUT2D eigenvalue weighted by molar-refractivity contribution is -0.110. The maximum Gasteiger partial charge on any atom is 0.240 e. The predicted molar refractivity (Wildman–Crippen MR) is 64.7 cm³/mol. The Labute approximate surface area is 110 Å². The van der Waals surface area contributed by atoms with Crippen LogP contribution in [0, 0.1) is 0 Å². The van der Waals surface area contributed by atoms with E-state index in [9.17, 15) is 9.59 Å². The maximum atomic E-state index is 12.0. The van der Waals surface area contributed by atoms with E-state index in [1.807, 2.05) is 0 Å². The number of hydrogen-bond donors (Lipinski definition) is 1. The summed E-state index contributed by atoms with van der Waals surface area (Å²) in [5, 5.41) is 6.16. The van der Waals surface area contributed by atoms with Crippen LogP contribution in [0.15, 0.2) is 4.52 Å². The fraction of sp³-hybridized carbons (Fsp3) is 0.667. The van der Waals surface area contributed by atoms with Crippen LogP contribution >= 0.6 is 0 Å². The van der Waals surface area contributed by atoms with Crippen molar-refractivity contribution in [2.45, 2.75) is 38.1 Å². The van der Waals surface area contributed by atoms with Crippen LogP contribution in [0.1, 0.15) is 48.6 Å². The van der Waals surface area contributed by atoms with E-state index in [1.165, 1.54) is 0 Å². The molecule has 1 aliphatic heterocycles. The predicted octanol–water partition coefficient (Wildman–Crippen LogP) is 0.671. The Morgan fingerprint density at radius 3 is 2.89 bits per heavy atom. The lowest BCUT2D eigenvalue weighted by Crippen LogP contribution is -2.35. The lowest BCUT2D eigenvalue weighted by Gasteiger charge is -2.17. The Bertz CT molecular complexity index is 440. The van der Waals surface area contributed by atoms with Gasteiger partial charge in [0, 0.05) is 19.1 Å². The summed E-state index contributed by atoms with van der Waals surface area (Å²) in [6, 6.07) is -0.599. The Kier molecular flexibility index (Phi) is 4.62. The number of amides is 1. The zero-order valence-corrected chi connectivity index (χ0v) is 10.8. The molecule has 2 heterocycles.